The zero-order valence-corrected chi connectivity index (χ0v) is 12.6. The van der Waals surface area contributed by atoms with Crippen molar-refractivity contribution < 1.29 is 30.0 Å². The Morgan fingerprint density at radius 1 is 1.00 bits per heavy atom. The topological polar surface area (TPSA) is 115 Å². The third-order valence-electron chi connectivity index (χ3n) is 2.04. The molecule has 0 bridgehead atoms. The monoisotopic (exact) mass is 290 g/mol. The first kappa shape index (κ1) is 23.4. The fraction of sp³-hybridized carbons (Fsp3) is 0.571. The van der Waals surface area contributed by atoms with Crippen LogP contribution in [0.5, 0.6) is 0 Å². The van der Waals surface area contributed by atoms with Gasteiger partial charge in [-0.05, 0) is 19.8 Å². The van der Waals surface area contributed by atoms with E-state index in [4.69, 9.17) is 20.4 Å². The van der Waals surface area contributed by atoms with Gasteiger partial charge in [-0.2, -0.15) is 0 Å². The van der Waals surface area contributed by atoms with Crippen molar-refractivity contribution in [3.8, 4) is 0 Å². The Hall–Kier alpha value is -1.66. The molecule has 6 nitrogen and oxygen atoms in total. The fourth-order valence-electron chi connectivity index (χ4n) is 0.527. The van der Waals surface area contributed by atoms with E-state index >= 15 is 0 Å². The highest BCUT2D eigenvalue weighted by Gasteiger charge is 2.02. The highest BCUT2D eigenvalue weighted by Crippen LogP contribution is 2.07. The predicted octanol–water partition coefficient (Wildman–Crippen LogP) is 2.03. The smallest absolute Gasteiger partial charge is 0.330 e. The molecule has 0 fully saturated rings. The molecule has 0 aromatic heterocycles. The minimum atomic E-state index is -1.12. The van der Waals surface area contributed by atoms with Gasteiger partial charge in [-0.15, -0.1) is 0 Å². The van der Waals surface area contributed by atoms with Crippen molar-refractivity contribution in [2.75, 3.05) is 0 Å². The van der Waals surface area contributed by atoms with Gasteiger partial charge >= 0.3 is 11.9 Å². The molecule has 0 aliphatic heterocycles. The maximum Gasteiger partial charge on any atom is 0.330 e. The molecule has 20 heavy (non-hydrogen) atoms. The Labute approximate surface area is 120 Å². The lowest BCUT2D eigenvalue weighted by Crippen LogP contribution is -2.09. The molecule has 0 aromatic carbocycles. The van der Waals surface area contributed by atoms with E-state index in [0.29, 0.717) is 12.3 Å². The first-order chi connectivity index (χ1) is 8.95. The maximum atomic E-state index is 9.60. The highest BCUT2D eigenvalue weighted by molar-refractivity contribution is 5.85. The van der Waals surface area contributed by atoms with Gasteiger partial charge < -0.3 is 20.4 Å². The fourth-order valence-corrected chi connectivity index (χ4v) is 0.527. The molecular formula is C14H26O6. The van der Waals surface area contributed by atoms with Crippen LogP contribution in [-0.2, 0) is 9.59 Å². The summed E-state index contributed by atoms with van der Waals surface area (Å²) < 4.78 is 0. The summed E-state index contributed by atoms with van der Waals surface area (Å²) in [6.45, 7) is 13.2. The summed E-state index contributed by atoms with van der Waals surface area (Å²) in [5.74, 6) is -1.44. The van der Waals surface area contributed by atoms with Gasteiger partial charge in [0, 0.05) is 17.6 Å². The number of aliphatic hydroxyl groups is 2. The van der Waals surface area contributed by atoms with Crippen LogP contribution in [0.1, 0.15) is 40.5 Å². The van der Waals surface area contributed by atoms with Gasteiger partial charge in [-0.25, -0.2) is 9.59 Å². The van der Waals surface area contributed by atoms with E-state index in [1.165, 1.54) is 13.8 Å². The lowest BCUT2D eigenvalue weighted by Gasteiger charge is -2.08. The largest absolute Gasteiger partial charge is 0.478 e. The average molecular weight is 290 g/mol. The Bertz CT molecular complexity index is 272. The second kappa shape index (κ2) is 13.8. The van der Waals surface area contributed by atoms with Gasteiger partial charge in [0.1, 0.15) is 0 Å². The zero-order valence-electron chi connectivity index (χ0n) is 12.6. The number of rotatable bonds is 5. The van der Waals surface area contributed by atoms with Crippen LogP contribution in [-0.4, -0.2) is 38.7 Å². The van der Waals surface area contributed by atoms with Crippen molar-refractivity contribution in [1.82, 2.24) is 0 Å². The molecule has 0 rings (SSSR count). The molecule has 0 spiro atoms. The summed E-state index contributed by atoms with van der Waals surface area (Å²) in [5.41, 5.74) is 0.352. The van der Waals surface area contributed by atoms with Crippen molar-refractivity contribution in [3.63, 3.8) is 0 Å². The van der Waals surface area contributed by atoms with Crippen LogP contribution in [0.15, 0.2) is 24.3 Å². The number of carbonyl (C=O) groups is 2. The number of aliphatic carboxylic acids is 2. The number of aliphatic hydroxyl groups excluding tert-OH is 1. The van der Waals surface area contributed by atoms with E-state index in [0.717, 1.165) is 6.42 Å². The number of hydrogen-bond donors (Lipinski definition) is 4. The molecule has 4 N–H and O–H groups in total. The quantitative estimate of drug-likeness (QED) is 0.455. The average Bonchev–Trinajstić information content (AvgIpc) is 2.29. The lowest BCUT2D eigenvalue weighted by atomic mass is 10.1. The van der Waals surface area contributed by atoms with Crippen LogP contribution in [0, 0.1) is 5.92 Å². The van der Waals surface area contributed by atoms with Crippen molar-refractivity contribution in [2.45, 2.75) is 46.8 Å². The molecule has 118 valence electrons. The molecule has 0 saturated carbocycles. The molecule has 0 aliphatic rings. The third kappa shape index (κ3) is 25.3. The summed E-state index contributed by atoms with van der Waals surface area (Å²) >= 11 is 0. The summed E-state index contributed by atoms with van der Waals surface area (Å²) in [5, 5.41) is 32.6. The lowest BCUT2D eigenvalue weighted by molar-refractivity contribution is -0.133. The second-order valence-electron chi connectivity index (χ2n) is 4.40. The van der Waals surface area contributed by atoms with Crippen LogP contribution in [0.3, 0.4) is 0 Å². The molecule has 0 saturated heterocycles. The van der Waals surface area contributed by atoms with Crippen LogP contribution in [0.4, 0.5) is 0 Å². The molecule has 0 radical (unpaired) electrons. The Balaban J connectivity index is -0.000000221. The molecule has 1 atom stereocenters. The van der Waals surface area contributed by atoms with Crippen molar-refractivity contribution in [1.29, 1.82) is 0 Å². The molecular weight excluding hydrogens is 264 g/mol. The van der Waals surface area contributed by atoms with Crippen molar-refractivity contribution >= 4 is 11.9 Å². The zero-order chi connectivity index (χ0) is 16.9. The minimum Gasteiger partial charge on any atom is -0.478 e. The third-order valence-corrected chi connectivity index (χ3v) is 2.04. The van der Waals surface area contributed by atoms with E-state index in [1.54, 1.807) is 0 Å². The van der Waals surface area contributed by atoms with Gasteiger partial charge in [0.25, 0.3) is 0 Å². The van der Waals surface area contributed by atoms with E-state index in [2.05, 4.69) is 13.2 Å². The molecule has 0 heterocycles. The van der Waals surface area contributed by atoms with E-state index in [-0.39, 0.29) is 11.1 Å². The highest BCUT2D eigenvalue weighted by atomic mass is 16.5. The second-order valence-corrected chi connectivity index (χ2v) is 4.40. The van der Waals surface area contributed by atoms with Crippen molar-refractivity contribution in [3.05, 3.63) is 24.3 Å². The summed E-state index contributed by atoms with van der Waals surface area (Å²) in [6, 6.07) is 0. The Kier molecular flexibility index (Phi) is 16.1. The van der Waals surface area contributed by atoms with E-state index in [1.807, 2.05) is 13.8 Å². The van der Waals surface area contributed by atoms with Crippen LogP contribution >= 0.6 is 0 Å². The van der Waals surface area contributed by atoms with Gasteiger partial charge in [0.15, 0.2) is 6.29 Å². The molecule has 0 amide bonds. The van der Waals surface area contributed by atoms with Crippen LogP contribution < -0.4 is 0 Å². The van der Waals surface area contributed by atoms with Gasteiger partial charge in [0.2, 0.25) is 0 Å². The number of hydrogen-bond acceptors (Lipinski definition) is 4. The normalized spacial score (nSPS) is 10.3. The molecule has 6 heteroatoms. The minimum absolute atomic E-state index is 0.176. The van der Waals surface area contributed by atoms with E-state index < -0.39 is 18.2 Å². The van der Waals surface area contributed by atoms with E-state index in [9.17, 15) is 9.59 Å². The van der Waals surface area contributed by atoms with Crippen molar-refractivity contribution in [2.24, 2.45) is 5.92 Å². The molecule has 0 aliphatic carbocycles. The predicted molar refractivity (Wildman–Crippen MR) is 77.2 cm³/mol. The molecule has 1 unspecified atom stereocenters. The first-order valence-corrected chi connectivity index (χ1v) is 6.09. The number of carboxylic acid groups (broad SMARTS) is 2. The molecule has 0 aromatic rings. The van der Waals surface area contributed by atoms with Gasteiger partial charge in [0.05, 0.1) is 0 Å². The summed E-state index contributed by atoms with van der Waals surface area (Å²) in [7, 11) is 0. The SMILES string of the molecule is C=C(C)C(=O)O.C=C(C)C(=O)O.CCC(C)CC(O)O. The summed E-state index contributed by atoms with van der Waals surface area (Å²) in [4.78, 5) is 19.2. The standard InChI is InChI=1S/C6H14O2.2C4H6O2/c1-3-5(2)4-6(7)8;2*1-3(2)4(5)6/h5-8H,3-4H2,1-2H3;2*1H2,2H3,(H,5,6). The van der Waals surface area contributed by atoms with Crippen LogP contribution in [0.25, 0.3) is 0 Å². The Morgan fingerprint density at radius 2 is 1.25 bits per heavy atom. The maximum absolute atomic E-state index is 9.60. The van der Waals surface area contributed by atoms with Gasteiger partial charge in [-0.1, -0.05) is 33.4 Å². The van der Waals surface area contributed by atoms with Gasteiger partial charge in [-0.3, -0.25) is 0 Å². The Morgan fingerprint density at radius 3 is 1.30 bits per heavy atom. The summed E-state index contributed by atoms with van der Waals surface area (Å²) in [6.07, 6.45) is 0.388. The first-order valence-electron chi connectivity index (χ1n) is 6.09. The van der Waals surface area contributed by atoms with Crippen LogP contribution in [0.2, 0.25) is 0 Å². The number of carboxylic acids is 2.